The number of unbranched alkanes of at least 4 members (excludes halogenated alkanes) is 7. The summed E-state index contributed by atoms with van der Waals surface area (Å²) in [7, 11) is 1.60. The average molecular weight is 422 g/mol. The van der Waals surface area contributed by atoms with Crippen molar-refractivity contribution in [1.29, 1.82) is 0 Å². The summed E-state index contributed by atoms with van der Waals surface area (Å²) in [4.78, 5) is 17.4. The maximum atomic E-state index is 12.6. The zero-order valence-corrected chi connectivity index (χ0v) is 18.9. The van der Waals surface area contributed by atoms with Gasteiger partial charge < -0.3 is 14.6 Å². The fraction of sp³-hybridized carbons (Fsp3) is 0.462. The van der Waals surface area contributed by atoms with E-state index in [-0.39, 0.29) is 5.91 Å². The molecule has 0 saturated carbocycles. The van der Waals surface area contributed by atoms with E-state index in [1.807, 2.05) is 30.3 Å². The first-order valence-corrected chi connectivity index (χ1v) is 11.6. The Balaban J connectivity index is 1.59. The van der Waals surface area contributed by atoms with Gasteiger partial charge in [-0.1, -0.05) is 70.1 Å². The van der Waals surface area contributed by atoms with Gasteiger partial charge >= 0.3 is 0 Å². The minimum atomic E-state index is -0.121. The number of amides is 1. The average Bonchev–Trinajstić information content (AvgIpc) is 3.16. The Bertz CT molecular complexity index is 964. The number of carbonyl (C=O) groups excluding carboxylic acids is 1. The third-order valence-electron chi connectivity index (χ3n) is 5.71. The van der Waals surface area contributed by atoms with Crippen LogP contribution in [0.2, 0.25) is 0 Å². The molecule has 1 N–H and O–H groups in total. The van der Waals surface area contributed by atoms with Crippen LogP contribution in [0.25, 0.3) is 11.0 Å². The summed E-state index contributed by atoms with van der Waals surface area (Å²) in [5.74, 6) is 1.46. The van der Waals surface area contributed by atoms with Crippen molar-refractivity contribution in [1.82, 2.24) is 14.9 Å². The van der Waals surface area contributed by atoms with Gasteiger partial charge in [0, 0.05) is 12.1 Å². The lowest BCUT2D eigenvalue weighted by atomic mass is 10.1. The van der Waals surface area contributed by atoms with Crippen LogP contribution in [0.15, 0.2) is 48.5 Å². The predicted molar refractivity (Wildman–Crippen MR) is 127 cm³/mol. The van der Waals surface area contributed by atoms with Crippen LogP contribution >= 0.6 is 0 Å². The lowest BCUT2D eigenvalue weighted by molar-refractivity contribution is 0.0949. The maximum absolute atomic E-state index is 12.6. The quantitative estimate of drug-likeness (QED) is 0.339. The van der Waals surface area contributed by atoms with Crippen LogP contribution in [0.4, 0.5) is 0 Å². The topological polar surface area (TPSA) is 56.2 Å². The van der Waals surface area contributed by atoms with Gasteiger partial charge in [0.15, 0.2) is 0 Å². The molecule has 1 heterocycles. The van der Waals surface area contributed by atoms with Crippen LogP contribution in [0, 0.1) is 0 Å². The fourth-order valence-electron chi connectivity index (χ4n) is 3.94. The van der Waals surface area contributed by atoms with Crippen molar-refractivity contribution >= 4 is 16.9 Å². The highest BCUT2D eigenvalue weighted by molar-refractivity contribution is 5.94. The van der Waals surface area contributed by atoms with E-state index in [2.05, 4.69) is 22.9 Å². The van der Waals surface area contributed by atoms with Crippen molar-refractivity contribution in [3.63, 3.8) is 0 Å². The molecule has 0 atom stereocenters. The van der Waals surface area contributed by atoms with Gasteiger partial charge in [-0.15, -0.1) is 0 Å². The summed E-state index contributed by atoms with van der Waals surface area (Å²) in [5.41, 5.74) is 2.70. The number of rotatable bonds is 13. The number of hydrogen-bond acceptors (Lipinski definition) is 3. The van der Waals surface area contributed by atoms with E-state index in [1.54, 1.807) is 19.2 Å². The standard InChI is InChI=1S/C26H35N3O2/c1-3-4-5-6-7-8-9-12-18-29-24-17-11-10-16-23(24)28-25(29)20-27-26(30)21-14-13-15-22(19-21)31-2/h10-11,13-17,19H,3-9,12,18,20H2,1-2H3,(H,27,30). The number of aryl methyl sites for hydroxylation is 1. The molecule has 0 aliphatic heterocycles. The van der Waals surface area contributed by atoms with Gasteiger partial charge in [0.1, 0.15) is 11.6 Å². The number of imidazole rings is 1. The van der Waals surface area contributed by atoms with Crippen molar-refractivity contribution in [3.05, 3.63) is 59.9 Å². The Labute approximate surface area is 185 Å². The molecular formula is C26H35N3O2. The molecule has 0 bridgehead atoms. The largest absolute Gasteiger partial charge is 0.497 e. The number of fused-ring (bicyclic) bond motifs is 1. The van der Waals surface area contributed by atoms with Crippen LogP contribution in [-0.2, 0) is 13.1 Å². The molecule has 1 amide bonds. The zero-order chi connectivity index (χ0) is 21.9. The highest BCUT2D eigenvalue weighted by Crippen LogP contribution is 2.18. The summed E-state index contributed by atoms with van der Waals surface area (Å²) < 4.78 is 7.48. The molecule has 0 radical (unpaired) electrons. The highest BCUT2D eigenvalue weighted by Gasteiger charge is 2.12. The third-order valence-corrected chi connectivity index (χ3v) is 5.71. The minimum absolute atomic E-state index is 0.121. The van der Waals surface area contributed by atoms with Crippen LogP contribution in [0.1, 0.15) is 74.5 Å². The third kappa shape index (κ3) is 6.58. The molecule has 0 fully saturated rings. The smallest absolute Gasteiger partial charge is 0.251 e. The van der Waals surface area contributed by atoms with Gasteiger partial charge in [-0.05, 0) is 36.8 Å². The van der Waals surface area contributed by atoms with E-state index in [1.165, 1.54) is 44.9 Å². The maximum Gasteiger partial charge on any atom is 0.251 e. The SMILES string of the molecule is CCCCCCCCCCn1c(CNC(=O)c2cccc(OC)c2)nc2ccccc21. The molecular weight excluding hydrogens is 386 g/mol. The molecule has 5 heteroatoms. The van der Waals surface area contributed by atoms with Crippen LogP contribution in [0.3, 0.4) is 0 Å². The van der Waals surface area contributed by atoms with Crippen LogP contribution in [-0.4, -0.2) is 22.6 Å². The fourth-order valence-corrected chi connectivity index (χ4v) is 3.94. The number of benzene rings is 2. The number of nitrogens with zero attached hydrogens (tertiary/aromatic N) is 2. The Hall–Kier alpha value is -2.82. The molecule has 2 aromatic carbocycles. The second-order valence-corrected chi connectivity index (χ2v) is 8.06. The van der Waals surface area contributed by atoms with Crippen LogP contribution in [0.5, 0.6) is 5.75 Å². The van der Waals surface area contributed by atoms with E-state index >= 15 is 0 Å². The zero-order valence-electron chi connectivity index (χ0n) is 18.9. The van der Waals surface area contributed by atoms with Crippen molar-refractivity contribution in [2.45, 2.75) is 71.4 Å². The van der Waals surface area contributed by atoms with Crippen molar-refractivity contribution in [3.8, 4) is 5.75 Å². The molecule has 0 unspecified atom stereocenters. The Kier molecular flexibility index (Phi) is 8.95. The molecule has 0 aliphatic rings. The van der Waals surface area contributed by atoms with Gasteiger partial charge in [0.25, 0.3) is 5.91 Å². The first-order valence-electron chi connectivity index (χ1n) is 11.6. The Morgan fingerprint density at radius 1 is 0.968 bits per heavy atom. The lowest BCUT2D eigenvalue weighted by Gasteiger charge is -2.11. The summed E-state index contributed by atoms with van der Waals surface area (Å²) in [6, 6.07) is 15.4. The van der Waals surface area contributed by atoms with Gasteiger partial charge in [-0.2, -0.15) is 0 Å². The van der Waals surface area contributed by atoms with E-state index in [4.69, 9.17) is 9.72 Å². The molecule has 3 aromatic rings. The highest BCUT2D eigenvalue weighted by atomic mass is 16.5. The Morgan fingerprint density at radius 2 is 1.71 bits per heavy atom. The second kappa shape index (κ2) is 12.1. The summed E-state index contributed by atoms with van der Waals surface area (Å²) in [6.45, 7) is 3.59. The summed E-state index contributed by atoms with van der Waals surface area (Å²) >= 11 is 0. The number of hydrogen-bond donors (Lipinski definition) is 1. The molecule has 5 nitrogen and oxygen atoms in total. The number of aromatic nitrogens is 2. The first kappa shape index (κ1) is 22.9. The lowest BCUT2D eigenvalue weighted by Crippen LogP contribution is -2.24. The number of methoxy groups -OCH3 is 1. The Morgan fingerprint density at radius 3 is 2.48 bits per heavy atom. The first-order chi connectivity index (χ1) is 15.2. The van der Waals surface area contributed by atoms with Gasteiger partial charge in [0.2, 0.25) is 0 Å². The molecule has 3 rings (SSSR count). The number of ether oxygens (including phenoxy) is 1. The monoisotopic (exact) mass is 421 g/mol. The molecule has 1 aromatic heterocycles. The predicted octanol–water partition coefficient (Wildman–Crippen LogP) is 6.12. The van der Waals surface area contributed by atoms with E-state index in [9.17, 15) is 4.79 Å². The number of nitrogens with one attached hydrogen (secondary N) is 1. The number of para-hydroxylation sites is 2. The van der Waals surface area contributed by atoms with Gasteiger partial charge in [-0.3, -0.25) is 4.79 Å². The van der Waals surface area contributed by atoms with Crippen LogP contribution < -0.4 is 10.1 Å². The van der Waals surface area contributed by atoms with Gasteiger partial charge in [0.05, 0.1) is 24.7 Å². The van der Waals surface area contributed by atoms with E-state index < -0.39 is 0 Å². The molecule has 166 valence electrons. The van der Waals surface area contributed by atoms with Crippen molar-refractivity contribution in [2.75, 3.05) is 7.11 Å². The number of carbonyl (C=O) groups is 1. The van der Waals surface area contributed by atoms with Gasteiger partial charge in [-0.25, -0.2) is 4.98 Å². The molecule has 0 spiro atoms. The van der Waals surface area contributed by atoms with E-state index in [0.717, 1.165) is 29.8 Å². The second-order valence-electron chi connectivity index (χ2n) is 8.06. The van der Waals surface area contributed by atoms with Crippen molar-refractivity contribution < 1.29 is 9.53 Å². The normalized spacial score (nSPS) is 11.0. The molecule has 31 heavy (non-hydrogen) atoms. The van der Waals surface area contributed by atoms with E-state index in [0.29, 0.717) is 17.9 Å². The molecule has 0 aliphatic carbocycles. The summed E-state index contributed by atoms with van der Waals surface area (Å²) in [6.07, 6.45) is 10.3. The molecule has 0 saturated heterocycles. The van der Waals surface area contributed by atoms with Crippen molar-refractivity contribution in [2.24, 2.45) is 0 Å². The summed E-state index contributed by atoms with van der Waals surface area (Å²) in [5, 5.41) is 3.02. The minimum Gasteiger partial charge on any atom is -0.497 e.